The molecule has 0 aliphatic carbocycles. The van der Waals surface area contributed by atoms with Crippen LogP contribution in [0.3, 0.4) is 0 Å². The molecule has 0 heterocycles. The molecule has 0 saturated heterocycles. The number of hydrogen-bond acceptors (Lipinski definition) is 2. The second-order valence-corrected chi connectivity index (χ2v) is 7.67. The minimum Gasteiger partial charge on any atom is -0.308 e. The van der Waals surface area contributed by atoms with Gasteiger partial charge in [-0.05, 0) is 60.0 Å². The molecule has 7 heteroatoms. The van der Waals surface area contributed by atoms with E-state index in [1.807, 2.05) is 6.92 Å². The molecule has 0 fully saturated rings. The monoisotopic (exact) mass is 443 g/mol. The third-order valence-corrected chi connectivity index (χ3v) is 5.13. The van der Waals surface area contributed by atoms with Crippen LogP contribution in [0.1, 0.15) is 22.6 Å². The number of nitriles is 1. The van der Waals surface area contributed by atoms with Gasteiger partial charge in [-0.1, -0.05) is 59.1 Å². The fourth-order valence-corrected chi connectivity index (χ4v) is 3.48. The average molecular weight is 445 g/mol. The van der Waals surface area contributed by atoms with Crippen LogP contribution in [0.4, 0.5) is 16.2 Å². The summed E-state index contributed by atoms with van der Waals surface area (Å²) in [6, 6.07) is 19.2. The maximum absolute atomic E-state index is 12.3. The second kappa shape index (κ2) is 9.19. The third-order valence-electron chi connectivity index (χ3n) is 4.32. The number of halogens is 3. The average Bonchev–Trinajstić information content (AvgIpc) is 2.67. The van der Waals surface area contributed by atoms with Crippen molar-refractivity contribution in [3.63, 3.8) is 0 Å². The van der Waals surface area contributed by atoms with Gasteiger partial charge in [-0.2, -0.15) is 5.26 Å². The topological polar surface area (TPSA) is 64.9 Å². The summed E-state index contributed by atoms with van der Waals surface area (Å²) < 4.78 is 0. The van der Waals surface area contributed by atoms with Gasteiger partial charge in [-0.3, -0.25) is 0 Å². The maximum atomic E-state index is 12.3. The summed E-state index contributed by atoms with van der Waals surface area (Å²) in [5.74, 6) is -0.548. The SMILES string of the molecule is Cc1cc(C(C#N)c2ccc(Cl)cc2)c(Cl)cc1NC(=O)Nc1cccc(Cl)c1. The van der Waals surface area contributed by atoms with Crippen molar-refractivity contribution in [1.29, 1.82) is 5.26 Å². The molecule has 0 aliphatic heterocycles. The van der Waals surface area contributed by atoms with Crippen molar-refractivity contribution in [3.05, 3.63) is 92.4 Å². The zero-order chi connectivity index (χ0) is 21.0. The molecule has 0 spiro atoms. The minimum absolute atomic E-state index is 0.384. The Hall–Kier alpha value is -2.71. The van der Waals surface area contributed by atoms with Gasteiger partial charge in [0.15, 0.2) is 0 Å². The molecule has 0 aliphatic rings. The first-order chi connectivity index (χ1) is 13.9. The van der Waals surface area contributed by atoms with Crippen molar-refractivity contribution in [2.45, 2.75) is 12.8 Å². The smallest absolute Gasteiger partial charge is 0.308 e. The summed E-state index contributed by atoms with van der Waals surface area (Å²) in [6.45, 7) is 1.84. The summed E-state index contributed by atoms with van der Waals surface area (Å²) in [5.41, 5.74) is 3.35. The molecular weight excluding hydrogens is 429 g/mol. The van der Waals surface area contributed by atoms with E-state index in [2.05, 4.69) is 16.7 Å². The van der Waals surface area contributed by atoms with Gasteiger partial charge in [0, 0.05) is 26.4 Å². The predicted octanol–water partition coefficient (Wildman–Crippen LogP) is 7.25. The number of anilines is 2. The Bertz CT molecular complexity index is 1090. The van der Waals surface area contributed by atoms with Crippen LogP contribution in [-0.4, -0.2) is 6.03 Å². The van der Waals surface area contributed by atoms with Gasteiger partial charge in [0.1, 0.15) is 0 Å². The van der Waals surface area contributed by atoms with Gasteiger partial charge in [0.2, 0.25) is 0 Å². The molecule has 146 valence electrons. The Morgan fingerprint density at radius 1 is 0.966 bits per heavy atom. The van der Waals surface area contributed by atoms with E-state index in [9.17, 15) is 10.1 Å². The van der Waals surface area contributed by atoms with Crippen molar-refractivity contribution in [2.24, 2.45) is 0 Å². The molecule has 1 unspecified atom stereocenters. The van der Waals surface area contributed by atoms with Gasteiger partial charge in [-0.15, -0.1) is 0 Å². The Balaban J connectivity index is 1.82. The largest absolute Gasteiger partial charge is 0.323 e. The van der Waals surface area contributed by atoms with Crippen LogP contribution in [0.15, 0.2) is 60.7 Å². The van der Waals surface area contributed by atoms with E-state index in [0.717, 1.165) is 11.1 Å². The van der Waals surface area contributed by atoms with Gasteiger partial charge in [0.05, 0.1) is 12.0 Å². The van der Waals surface area contributed by atoms with Crippen LogP contribution >= 0.6 is 34.8 Å². The lowest BCUT2D eigenvalue weighted by Gasteiger charge is -2.16. The van der Waals surface area contributed by atoms with Crippen molar-refractivity contribution in [2.75, 3.05) is 10.6 Å². The van der Waals surface area contributed by atoms with E-state index in [0.29, 0.717) is 32.0 Å². The lowest BCUT2D eigenvalue weighted by Crippen LogP contribution is -2.20. The summed E-state index contributed by atoms with van der Waals surface area (Å²) in [4.78, 5) is 12.3. The molecule has 3 aromatic rings. The molecule has 0 saturated carbocycles. The number of urea groups is 1. The van der Waals surface area contributed by atoms with Crippen LogP contribution in [0.25, 0.3) is 0 Å². The first kappa shape index (κ1) is 21.0. The number of rotatable bonds is 4. The zero-order valence-corrected chi connectivity index (χ0v) is 17.6. The number of nitrogens with one attached hydrogen (secondary N) is 2. The normalized spacial score (nSPS) is 11.4. The molecule has 3 aromatic carbocycles. The van der Waals surface area contributed by atoms with Crippen molar-refractivity contribution >= 4 is 52.2 Å². The van der Waals surface area contributed by atoms with Crippen LogP contribution in [0, 0.1) is 18.3 Å². The molecule has 2 N–H and O–H groups in total. The quantitative estimate of drug-likeness (QED) is 0.445. The molecule has 1 atom stereocenters. The number of benzene rings is 3. The summed E-state index contributed by atoms with van der Waals surface area (Å²) >= 11 is 18.3. The molecule has 2 amide bonds. The lowest BCUT2D eigenvalue weighted by molar-refractivity contribution is 0.262. The number of amides is 2. The van der Waals surface area contributed by atoms with Crippen LogP contribution in [-0.2, 0) is 0 Å². The third kappa shape index (κ3) is 5.21. The maximum Gasteiger partial charge on any atom is 0.323 e. The van der Waals surface area contributed by atoms with Crippen molar-refractivity contribution < 1.29 is 4.79 Å². The van der Waals surface area contributed by atoms with E-state index in [1.54, 1.807) is 60.7 Å². The highest BCUT2D eigenvalue weighted by molar-refractivity contribution is 6.32. The first-order valence-electron chi connectivity index (χ1n) is 8.66. The van der Waals surface area contributed by atoms with Crippen LogP contribution < -0.4 is 10.6 Å². The number of aryl methyl sites for hydroxylation is 1. The molecular formula is C22H16Cl3N3O. The lowest BCUT2D eigenvalue weighted by atomic mass is 9.91. The fourth-order valence-electron chi connectivity index (χ4n) is 2.89. The number of nitrogens with zero attached hydrogens (tertiary/aromatic N) is 1. The van der Waals surface area contributed by atoms with Crippen molar-refractivity contribution in [3.8, 4) is 6.07 Å². The Kier molecular flexibility index (Phi) is 6.66. The molecule has 3 rings (SSSR count). The zero-order valence-electron chi connectivity index (χ0n) is 15.3. The van der Waals surface area contributed by atoms with E-state index in [4.69, 9.17) is 34.8 Å². The van der Waals surface area contributed by atoms with Gasteiger partial charge in [0.25, 0.3) is 0 Å². The molecule has 4 nitrogen and oxygen atoms in total. The summed E-state index contributed by atoms with van der Waals surface area (Å²) in [5, 5.41) is 16.7. The first-order valence-corrected chi connectivity index (χ1v) is 9.79. The second-order valence-electron chi connectivity index (χ2n) is 6.39. The predicted molar refractivity (Wildman–Crippen MR) is 119 cm³/mol. The highest BCUT2D eigenvalue weighted by atomic mass is 35.5. The molecule has 0 radical (unpaired) electrons. The Morgan fingerprint density at radius 3 is 2.34 bits per heavy atom. The van der Waals surface area contributed by atoms with Crippen LogP contribution in [0.2, 0.25) is 15.1 Å². The summed E-state index contributed by atoms with van der Waals surface area (Å²) in [6.07, 6.45) is 0. The van der Waals surface area contributed by atoms with E-state index >= 15 is 0 Å². The van der Waals surface area contributed by atoms with Gasteiger partial charge in [-0.25, -0.2) is 4.79 Å². The standard InChI is InChI=1S/C22H16Cl3N3O/c1-13-9-18(19(12-26)14-5-7-15(23)8-6-14)20(25)11-21(13)28-22(29)27-17-4-2-3-16(24)10-17/h2-11,19H,1H3,(H2,27,28,29). The van der Waals surface area contributed by atoms with E-state index in [-0.39, 0.29) is 0 Å². The van der Waals surface area contributed by atoms with Crippen molar-refractivity contribution in [1.82, 2.24) is 0 Å². The Morgan fingerprint density at radius 2 is 1.69 bits per heavy atom. The van der Waals surface area contributed by atoms with Gasteiger partial charge < -0.3 is 10.6 Å². The fraction of sp³-hybridized carbons (Fsp3) is 0.0909. The summed E-state index contributed by atoms with van der Waals surface area (Å²) in [7, 11) is 0. The number of carbonyl (C=O) groups is 1. The molecule has 29 heavy (non-hydrogen) atoms. The Labute approximate surface area is 184 Å². The van der Waals surface area contributed by atoms with E-state index in [1.165, 1.54) is 0 Å². The van der Waals surface area contributed by atoms with Crippen LogP contribution in [0.5, 0.6) is 0 Å². The molecule has 0 bridgehead atoms. The minimum atomic E-state index is -0.548. The highest BCUT2D eigenvalue weighted by Crippen LogP contribution is 2.34. The number of hydrogen-bond donors (Lipinski definition) is 2. The van der Waals surface area contributed by atoms with Gasteiger partial charge >= 0.3 is 6.03 Å². The van der Waals surface area contributed by atoms with E-state index < -0.39 is 11.9 Å². The molecule has 0 aromatic heterocycles. The highest BCUT2D eigenvalue weighted by Gasteiger charge is 2.19. The number of carbonyl (C=O) groups excluding carboxylic acids is 1.